The first-order valence-electron chi connectivity index (χ1n) is 7.79. The number of nitrogen functional groups attached to an aromatic ring is 1. The van der Waals surface area contributed by atoms with E-state index in [1.165, 1.54) is 10.4 Å². The Morgan fingerprint density at radius 1 is 1.17 bits per heavy atom. The van der Waals surface area contributed by atoms with Crippen LogP contribution in [0.3, 0.4) is 0 Å². The predicted octanol–water partition coefficient (Wildman–Crippen LogP) is 0.823. The molecule has 23 heavy (non-hydrogen) atoms. The SMILES string of the molecule is N=c1ccc(OC2CCN(Cc3ccccc3)CC2)nn1NN. The van der Waals surface area contributed by atoms with Gasteiger partial charge in [-0.05, 0) is 24.5 Å². The van der Waals surface area contributed by atoms with Crippen molar-refractivity contribution in [3.8, 4) is 5.88 Å². The molecule has 1 aromatic heterocycles. The molecule has 1 aliphatic heterocycles. The van der Waals surface area contributed by atoms with E-state index in [1.807, 2.05) is 6.07 Å². The summed E-state index contributed by atoms with van der Waals surface area (Å²) in [5.41, 5.74) is 3.86. The third kappa shape index (κ3) is 4.08. The fraction of sp³-hybridized carbons (Fsp3) is 0.375. The van der Waals surface area contributed by atoms with Crippen LogP contribution in [-0.2, 0) is 6.54 Å². The molecule has 1 aromatic carbocycles. The molecule has 0 unspecified atom stereocenters. The third-order valence-electron chi connectivity index (χ3n) is 4.00. The van der Waals surface area contributed by atoms with Crippen LogP contribution in [0.15, 0.2) is 42.5 Å². The zero-order valence-electron chi connectivity index (χ0n) is 13.0. The Labute approximate surface area is 135 Å². The van der Waals surface area contributed by atoms with Gasteiger partial charge in [0.05, 0.1) is 0 Å². The standard InChI is InChI=1S/C16H22N6O/c17-15-6-7-16(19-22(15)20-18)23-14-8-10-21(11-9-14)12-13-4-2-1-3-5-13/h1-7,14,17,20H,8-12,18H2. The molecule has 7 heteroatoms. The molecule has 1 aliphatic rings. The van der Waals surface area contributed by atoms with Crippen molar-refractivity contribution in [1.29, 1.82) is 5.41 Å². The van der Waals surface area contributed by atoms with E-state index in [4.69, 9.17) is 16.0 Å². The molecule has 0 atom stereocenters. The number of nitrogens with two attached hydrogens (primary N) is 1. The summed E-state index contributed by atoms with van der Waals surface area (Å²) < 4.78 is 5.91. The van der Waals surface area contributed by atoms with Gasteiger partial charge in [-0.3, -0.25) is 10.3 Å². The van der Waals surface area contributed by atoms with Crippen molar-refractivity contribution in [2.75, 3.05) is 18.6 Å². The highest BCUT2D eigenvalue weighted by atomic mass is 16.5. The van der Waals surface area contributed by atoms with Crippen molar-refractivity contribution in [1.82, 2.24) is 14.8 Å². The van der Waals surface area contributed by atoms with Crippen molar-refractivity contribution in [3.63, 3.8) is 0 Å². The van der Waals surface area contributed by atoms with Gasteiger partial charge in [0, 0.05) is 25.7 Å². The second-order valence-corrected chi connectivity index (χ2v) is 5.68. The maximum atomic E-state index is 7.62. The van der Waals surface area contributed by atoms with E-state index in [9.17, 15) is 0 Å². The minimum atomic E-state index is 0.150. The highest BCUT2D eigenvalue weighted by Crippen LogP contribution is 2.18. The fourth-order valence-corrected chi connectivity index (χ4v) is 2.77. The van der Waals surface area contributed by atoms with Crippen LogP contribution in [0.5, 0.6) is 5.88 Å². The molecule has 1 fully saturated rings. The van der Waals surface area contributed by atoms with E-state index >= 15 is 0 Å². The Morgan fingerprint density at radius 3 is 2.61 bits per heavy atom. The summed E-state index contributed by atoms with van der Waals surface area (Å²) in [6.45, 7) is 2.99. The topological polar surface area (TPSA) is 92.2 Å². The number of rotatable bonds is 5. The molecule has 0 aliphatic carbocycles. The Bertz CT molecular complexity index is 678. The minimum Gasteiger partial charge on any atom is -0.473 e. The van der Waals surface area contributed by atoms with Gasteiger partial charge in [-0.1, -0.05) is 30.3 Å². The smallest absolute Gasteiger partial charge is 0.233 e. The van der Waals surface area contributed by atoms with Crippen LogP contribution >= 0.6 is 0 Å². The lowest BCUT2D eigenvalue weighted by Crippen LogP contribution is -2.39. The van der Waals surface area contributed by atoms with Crippen LogP contribution in [0, 0.1) is 5.41 Å². The second-order valence-electron chi connectivity index (χ2n) is 5.68. The average molecular weight is 314 g/mol. The number of nitrogens with zero attached hydrogens (tertiary/aromatic N) is 3. The van der Waals surface area contributed by atoms with Gasteiger partial charge in [0.2, 0.25) is 5.88 Å². The summed E-state index contributed by atoms with van der Waals surface area (Å²) in [5, 5.41) is 11.7. The number of hydrogen-bond donors (Lipinski definition) is 3. The molecule has 0 saturated carbocycles. The van der Waals surface area contributed by atoms with E-state index in [0.29, 0.717) is 5.88 Å². The van der Waals surface area contributed by atoms with E-state index in [-0.39, 0.29) is 11.6 Å². The summed E-state index contributed by atoms with van der Waals surface area (Å²) in [6.07, 6.45) is 2.08. The van der Waals surface area contributed by atoms with Gasteiger partial charge in [-0.2, -0.15) is 0 Å². The van der Waals surface area contributed by atoms with E-state index in [1.54, 1.807) is 12.1 Å². The van der Waals surface area contributed by atoms with Gasteiger partial charge < -0.3 is 4.74 Å². The lowest BCUT2D eigenvalue weighted by molar-refractivity contribution is 0.0915. The zero-order valence-corrected chi connectivity index (χ0v) is 13.0. The fourth-order valence-electron chi connectivity index (χ4n) is 2.77. The van der Waals surface area contributed by atoms with Crippen LogP contribution in [-0.4, -0.2) is 34.0 Å². The second kappa shape index (κ2) is 7.26. The monoisotopic (exact) mass is 314 g/mol. The molecule has 4 N–H and O–H groups in total. The summed E-state index contributed by atoms with van der Waals surface area (Å²) in [7, 11) is 0. The summed E-state index contributed by atoms with van der Waals surface area (Å²) in [5.74, 6) is 5.80. The number of hydrazine groups is 1. The Hall–Kier alpha value is -2.38. The van der Waals surface area contributed by atoms with Crippen LogP contribution in [0.1, 0.15) is 18.4 Å². The molecule has 0 radical (unpaired) electrons. The first kappa shape index (κ1) is 15.5. The van der Waals surface area contributed by atoms with Crippen LogP contribution in [0.2, 0.25) is 0 Å². The lowest BCUT2D eigenvalue weighted by Gasteiger charge is -2.31. The molecule has 7 nitrogen and oxygen atoms in total. The van der Waals surface area contributed by atoms with Crippen molar-refractivity contribution >= 4 is 0 Å². The molecule has 0 bridgehead atoms. The van der Waals surface area contributed by atoms with Crippen LogP contribution in [0.4, 0.5) is 0 Å². The quantitative estimate of drug-likeness (QED) is 0.561. The normalized spacial score (nSPS) is 16.2. The number of ether oxygens (including phenoxy) is 1. The molecule has 2 heterocycles. The Balaban J connectivity index is 1.52. The molecular weight excluding hydrogens is 292 g/mol. The number of piperidine rings is 1. The van der Waals surface area contributed by atoms with E-state index in [2.05, 4.69) is 39.8 Å². The van der Waals surface area contributed by atoms with Gasteiger partial charge in [0.1, 0.15) is 6.10 Å². The minimum absolute atomic E-state index is 0.150. The van der Waals surface area contributed by atoms with E-state index < -0.39 is 0 Å². The summed E-state index contributed by atoms with van der Waals surface area (Å²) >= 11 is 0. The molecule has 3 rings (SSSR count). The van der Waals surface area contributed by atoms with E-state index in [0.717, 1.165) is 32.5 Å². The highest BCUT2D eigenvalue weighted by molar-refractivity contribution is 5.14. The number of likely N-dealkylation sites (tertiary alicyclic amines) is 1. The molecular formula is C16H22N6O. The molecule has 1 saturated heterocycles. The summed E-state index contributed by atoms with van der Waals surface area (Å²) in [4.78, 5) is 3.62. The number of hydrogen-bond acceptors (Lipinski definition) is 6. The van der Waals surface area contributed by atoms with Crippen molar-refractivity contribution < 1.29 is 4.74 Å². The van der Waals surface area contributed by atoms with Gasteiger partial charge in [-0.15, -0.1) is 9.89 Å². The lowest BCUT2D eigenvalue weighted by atomic mass is 10.1. The number of benzene rings is 1. The first-order chi connectivity index (χ1) is 11.2. The van der Waals surface area contributed by atoms with Crippen molar-refractivity contribution in [3.05, 3.63) is 53.5 Å². The van der Waals surface area contributed by atoms with Crippen LogP contribution < -0.4 is 21.6 Å². The van der Waals surface area contributed by atoms with Crippen molar-refractivity contribution in [2.45, 2.75) is 25.5 Å². The molecule has 122 valence electrons. The van der Waals surface area contributed by atoms with Crippen LogP contribution in [0.25, 0.3) is 0 Å². The van der Waals surface area contributed by atoms with Gasteiger partial charge >= 0.3 is 0 Å². The average Bonchev–Trinajstić information content (AvgIpc) is 2.59. The van der Waals surface area contributed by atoms with Gasteiger partial charge in [0.15, 0.2) is 5.49 Å². The van der Waals surface area contributed by atoms with Gasteiger partial charge in [0.25, 0.3) is 0 Å². The summed E-state index contributed by atoms with van der Waals surface area (Å²) in [6, 6.07) is 13.8. The maximum Gasteiger partial charge on any atom is 0.233 e. The number of nitrogens with one attached hydrogen (secondary N) is 2. The Kier molecular flexibility index (Phi) is 4.89. The maximum absolute atomic E-state index is 7.62. The molecule has 0 spiro atoms. The first-order valence-corrected chi connectivity index (χ1v) is 7.79. The zero-order chi connectivity index (χ0) is 16.1. The molecule has 0 amide bonds. The largest absolute Gasteiger partial charge is 0.473 e. The number of aromatic nitrogens is 2. The van der Waals surface area contributed by atoms with Crippen molar-refractivity contribution in [2.24, 2.45) is 5.84 Å². The molecule has 2 aromatic rings. The van der Waals surface area contributed by atoms with Gasteiger partial charge in [-0.25, -0.2) is 11.4 Å². The predicted molar refractivity (Wildman–Crippen MR) is 87.0 cm³/mol. The highest BCUT2D eigenvalue weighted by Gasteiger charge is 2.21. The Morgan fingerprint density at radius 2 is 1.91 bits per heavy atom. The third-order valence-corrected chi connectivity index (χ3v) is 4.00.